The van der Waals surface area contributed by atoms with Crippen molar-refractivity contribution in [2.75, 3.05) is 6.61 Å². The van der Waals surface area contributed by atoms with Gasteiger partial charge in [-0.15, -0.1) is 0 Å². The number of hydrogen-bond donors (Lipinski definition) is 3. The van der Waals surface area contributed by atoms with Gasteiger partial charge in [0.05, 0.1) is 6.42 Å². The minimum Gasteiger partial charge on any atom is -0.483 e. The number of hydrazine groups is 1. The second kappa shape index (κ2) is 7.88. The molecule has 0 radical (unpaired) electrons. The van der Waals surface area contributed by atoms with Gasteiger partial charge in [-0.3, -0.25) is 25.2 Å². The lowest BCUT2D eigenvalue weighted by Gasteiger charge is -2.11. The van der Waals surface area contributed by atoms with Crippen LogP contribution in [0.4, 0.5) is 0 Å². The predicted molar refractivity (Wildman–Crippen MR) is 74.6 cm³/mol. The lowest BCUT2D eigenvalue weighted by molar-refractivity contribution is -0.139. The van der Waals surface area contributed by atoms with Crippen molar-refractivity contribution in [1.29, 1.82) is 0 Å². The molecule has 0 aliphatic carbocycles. The van der Waals surface area contributed by atoms with Crippen molar-refractivity contribution >= 4 is 17.8 Å². The summed E-state index contributed by atoms with van der Waals surface area (Å²) in [5, 5.41) is 8.41. The van der Waals surface area contributed by atoms with Gasteiger partial charge in [-0.25, -0.2) is 0 Å². The van der Waals surface area contributed by atoms with E-state index in [1.807, 2.05) is 26.0 Å². The van der Waals surface area contributed by atoms with E-state index in [4.69, 9.17) is 9.84 Å². The van der Waals surface area contributed by atoms with Crippen LogP contribution in [0, 0.1) is 13.8 Å². The standard InChI is InChI=1S/C14H18N2O5/c1-9-4-3-5-11(10(9)2)21-8-13(18)16-15-12(17)6-7-14(19)20/h3-5H,6-8H2,1-2H3,(H,15,17)(H,16,18)(H,19,20). The minimum absolute atomic E-state index is 0.201. The lowest BCUT2D eigenvalue weighted by Crippen LogP contribution is -2.43. The molecule has 3 N–H and O–H groups in total. The van der Waals surface area contributed by atoms with Crippen LogP contribution in [-0.4, -0.2) is 29.5 Å². The number of rotatable bonds is 6. The van der Waals surface area contributed by atoms with E-state index >= 15 is 0 Å². The van der Waals surface area contributed by atoms with Gasteiger partial charge in [0, 0.05) is 6.42 Å². The van der Waals surface area contributed by atoms with Crippen LogP contribution >= 0.6 is 0 Å². The topological polar surface area (TPSA) is 105 Å². The number of carbonyl (C=O) groups is 3. The number of aliphatic carboxylic acids is 1. The summed E-state index contributed by atoms with van der Waals surface area (Å²) in [5.74, 6) is -1.57. The number of carboxylic acids is 1. The summed E-state index contributed by atoms with van der Waals surface area (Å²) in [4.78, 5) is 33.0. The Morgan fingerprint density at radius 3 is 2.43 bits per heavy atom. The monoisotopic (exact) mass is 294 g/mol. The molecule has 0 aliphatic rings. The normalized spacial score (nSPS) is 9.81. The van der Waals surface area contributed by atoms with Gasteiger partial charge in [-0.2, -0.15) is 0 Å². The Morgan fingerprint density at radius 1 is 1.10 bits per heavy atom. The van der Waals surface area contributed by atoms with Crippen LogP contribution in [0.1, 0.15) is 24.0 Å². The van der Waals surface area contributed by atoms with Crippen LogP contribution in [-0.2, 0) is 14.4 Å². The number of carboxylic acid groups (broad SMARTS) is 1. The fourth-order valence-electron chi connectivity index (χ4n) is 1.48. The van der Waals surface area contributed by atoms with E-state index in [2.05, 4.69) is 10.9 Å². The maximum atomic E-state index is 11.5. The quantitative estimate of drug-likeness (QED) is 0.670. The first-order valence-electron chi connectivity index (χ1n) is 6.38. The molecule has 0 bridgehead atoms. The average Bonchev–Trinajstić information content (AvgIpc) is 2.44. The molecule has 21 heavy (non-hydrogen) atoms. The smallest absolute Gasteiger partial charge is 0.303 e. The van der Waals surface area contributed by atoms with E-state index in [0.29, 0.717) is 5.75 Å². The molecule has 1 aromatic carbocycles. The highest BCUT2D eigenvalue weighted by atomic mass is 16.5. The largest absolute Gasteiger partial charge is 0.483 e. The zero-order chi connectivity index (χ0) is 15.8. The Morgan fingerprint density at radius 2 is 1.76 bits per heavy atom. The molecule has 0 heterocycles. The second-order valence-corrected chi connectivity index (χ2v) is 4.48. The zero-order valence-corrected chi connectivity index (χ0v) is 11.9. The molecular weight excluding hydrogens is 276 g/mol. The predicted octanol–water partition coefficient (Wildman–Crippen LogP) is 0.694. The van der Waals surface area contributed by atoms with Crippen molar-refractivity contribution in [1.82, 2.24) is 10.9 Å². The third-order valence-electron chi connectivity index (χ3n) is 2.82. The van der Waals surface area contributed by atoms with Gasteiger partial charge < -0.3 is 9.84 Å². The summed E-state index contributed by atoms with van der Waals surface area (Å²) < 4.78 is 5.35. The molecule has 0 saturated carbocycles. The van der Waals surface area contributed by atoms with Gasteiger partial charge in [0.15, 0.2) is 6.61 Å². The Hall–Kier alpha value is -2.57. The summed E-state index contributed by atoms with van der Waals surface area (Å²) in [6.45, 7) is 3.57. The van der Waals surface area contributed by atoms with Gasteiger partial charge in [0.25, 0.3) is 5.91 Å². The molecule has 0 fully saturated rings. The van der Waals surface area contributed by atoms with E-state index < -0.39 is 17.8 Å². The minimum atomic E-state index is -1.07. The van der Waals surface area contributed by atoms with Crippen molar-refractivity contribution in [3.05, 3.63) is 29.3 Å². The Bertz CT molecular complexity index is 542. The highest BCUT2D eigenvalue weighted by Crippen LogP contribution is 2.20. The zero-order valence-electron chi connectivity index (χ0n) is 11.9. The average molecular weight is 294 g/mol. The summed E-state index contributed by atoms with van der Waals surface area (Å²) in [7, 11) is 0. The van der Waals surface area contributed by atoms with E-state index in [1.165, 1.54) is 0 Å². The fourth-order valence-corrected chi connectivity index (χ4v) is 1.48. The van der Waals surface area contributed by atoms with E-state index in [-0.39, 0.29) is 19.4 Å². The number of ether oxygens (including phenoxy) is 1. The van der Waals surface area contributed by atoms with Crippen molar-refractivity contribution in [2.45, 2.75) is 26.7 Å². The Balaban J connectivity index is 2.33. The number of aryl methyl sites for hydroxylation is 1. The Kier molecular flexibility index (Phi) is 6.19. The SMILES string of the molecule is Cc1cccc(OCC(=O)NNC(=O)CCC(=O)O)c1C. The number of carbonyl (C=O) groups excluding carboxylic acids is 2. The summed E-state index contributed by atoms with van der Waals surface area (Å²) in [5.41, 5.74) is 6.26. The first kappa shape index (κ1) is 16.5. The van der Waals surface area contributed by atoms with Crippen LogP contribution in [0.3, 0.4) is 0 Å². The Labute approximate surface area is 122 Å². The molecule has 7 heteroatoms. The third kappa shape index (κ3) is 5.94. The van der Waals surface area contributed by atoms with E-state index in [1.54, 1.807) is 6.07 Å². The molecule has 2 amide bonds. The molecule has 7 nitrogen and oxygen atoms in total. The van der Waals surface area contributed by atoms with Crippen LogP contribution < -0.4 is 15.6 Å². The number of amides is 2. The molecular formula is C14H18N2O5. The van der Waals surface area contributed by atoms with Crippen molar-refractivity contribution < 1.29 is 24.2 Å². The van der Waals surface area contributed by atoms with Crippen LogP contribution in [0.15, 0.2) is 18.2 Å². The van der Waals surface area contributed by atoms with Gasteiger partial charge in [0.2, 0.25) is 5.91 Å². The maximum Gasteiger partial charge on any atom is 0.303 e. The first-order chi connectivity index (χ1) is 9.90. The summed E-state index contributed by atoms with van der Waals surface area (Å²) >= 11 is 0. The summed E-state index contributed by atoms with van der Waals surface area (Å²) in [6, 6.07) is 5.51. The first-order valence-corrected chi connectivity index (χ1v) is 6.38. The molecule has 0 atom stereocenters. The number of hydrogen-bond acceptors (Lipinski definition) is 4. The second-order valence-electron chi connectivity index (χ2n) is 4.48. The van der Waals surface area contributed by atoms with Crippen LogP contribution in [0.2, 0.25) is 0 Å². The molecule has 1 rings (SSSR count). The van der Waals surface area contributed by atoms with Gasteiger partial charge in [-0.05, 0) is 31.0 Å². The highest BCUT2D eigenvalue weighted by Gasteiger charge is 2.08. The molecule has 0 unspecified atom stereocenters. The van der Waals surface area contributed by atoms with Gasteiger partial charge >= 0.3 is 5.97 Å². The van der Waals surface area contributed by atoms with E-state index in [0.717, 1.165) is 11.1 Å². The molecule has 114 valence electrons. The van der Waals surface area contributed by atoms with Crippen LogP contribution in [0.25, 0.3) is 0 Å². The molecule has 1 aromatic rings. The van der Waals surface area contributed by atoms with Crippen molar-refractivity contribution in [3.63, 3.8) is 0 Å². The summed E-state index contributed by atoms with van der Waals surface area (Å²) in [6.07, 6.45) is -0.492. The molecule has 0 saturated heterocycles. The fraction of sp³-hybridized carbons (Fsp3) is 0.357. The molecule has 0 aromatic heterocycles. The van der Waals surface area contributed by atoms with Crippen molar-refractivity contribution in [3.8, 4) is 5.75 Å². The third-order valence-corrected chi connectivity index (χ3v) is 2.82. The van der Waals surface area contributed by atoms with Crippen LogP contribution in [0.5, 0.6) is 5.75 Å². The molecule has 0 spiro atoms. The van der Waals surface area contributed by atoms with Crippen molar-refractivity contribution in [2.24, 2.45) is 0 Å². The van der Waals surface area contributed by atoms with Gasteiger partial charge in [0.1, 0.15) is 5.75 Å². The highest BCUT2D eigenvalue weighted by molar-refractivity contribution is 5.84. The van der Waals surface area contributed by atoms with Gasteiger partial charge in [-0.1, -0.05) is 12.1 Å². The lowest BCUT2D eigenvalue weighted by atomic mass is 10.1. The number of nitrogens with one attached hydrogen (secondary N) is 2. The maximum absolute atomic E-state index is 11.5. The molecule has 0 aliphatic heterocycles. The van der Waals surface area contributed by atoms with E-state index in [9.17, 15) is 14.4 Å². The number of benzene rings is 1.